The smallest absolute Gasteiger partial charge is 0.323 e. The van der Waals surface area contributed by atoms with Gasteiger partial charge in [0.05, 0.1) is 0 Å². The molecule has 1 fully saturated rings. The second-order valence-corrected chi connectivity index (χ2v) is 3.37. The third-order valence-corrected chi connectivity index (χ3v) is 2.13. The fraction of sp³-hybridized carbons (Fsp3) is 0.750. The molecular weight excluding hydrogens is 172 g/mol. The van der Waals surface area contributed by atoms with Crippen LogP contribution >= 0.6 is 0 Å². The van der Waals surface area contributed by atoms with Crippen molar-refractivity contribution in [2.24, 2.45) is 5.92 Å². The number of rotatable bonds is 4. The average molecular weight is 186 g/mol. The first kappa shape index (κ1) is 9.98. The van der Waals surface area contributed by atoms with E-state index in [4.69, 9.17) is 5.11 Å². The SMILES string of the molecule is CN(CC(=O)O)C(=O)CC1CNC1. The first-order valence-corrected chi connectivity index (χ1v) is 4.26. The van der Waals surface area contributed by atoms with Gasteiger partial charge in [0.15, 0.2) is 0 Å². The normalized spacial score (nSPS) is 16.4. The van der Waals surface area contributed by atoms with Gasteiger partial charge in [-0.2, -0.15) is 0 Å². The fourth-order valence-electron chi connectivity index (χ4n) is 1.19. The Morgan fingerprint density at radius 1 is 1.54 bits per heavy atom. The van der Waals surface area contributed by atoms with E-state index in [0.717, 1.165) is 13.1 Å². The lowest BCUT2D eigenvalue weighted by atomic mass is 9.99. The highest BCUT2D eigenvalue weighted by molar-refractivity contribution is 5.81. The van der Waals surface area contributed by atoms with Crippen molar-refractivity contribution in [2.75, 3.05) is 26.7 Å². The topological polar surface area (TPSA) is 69.6 Å². The van der Waals surface area contributed by atoms with E-state index < -0.39 is 5.97 Å². The van der Waals surface area contributed by atoms with Gasteiger partial charge in [-0.05, 0) is 19.0 Å². The van der Waals surface area contributed by atoms with E-state index in [1.807, 2.05) is 0 Å². The number of carbonyl (C=O) groups excluding carboxylic acids is 1. The first-order chi connectivity index (χ1) is 6.09. The van der Waals surface area contributed by atoms with Gasteiger partial charge in [0.2, 0.25) is 5.91 Å². The molecule has 1 amide bonds. The molecule has 1 aliphatic heterocycles. The Bertz CT molecular complexity index is 213. The summed E-state index contributed by atoms with van der Waals surface area (Å²) in [6, 6.07) is 0. The van der Waals surface area contributed by atoms with Gasteiger partial charge >= 0.3 is 5.97 Å². The number of hydrogen-bond donors (Lipinski definition) is 2. The van der Waals surface area contributed by atoms with Gasteiger partial charge in [0.25, 0.3) is 0 Å². The monoisotopic (exact) mass is 186 g/mol. The third-order valence-electron chi connectivity index (χ3n) is 2.13. The minimum absolute atomic E-state index is 0.0890. The molecule has 0 atom stereocenters. The molecule has 0 unspecified atom stereocenters. The van der Waals surface area contributed by atoms with Crippen molar-refractivity contribution >= 4 is 11.9 Å². The summed E-state index contributed by atoms with van der Waals surface area (Å²) in [5.74, 6) is -0.666. The van der Waals surface area contributed by atoms with Crippen molar-refractivity contribution < 1.29 is 14.7 Å². The zero-order chi connectivity index (χ0) is 9.84. The van der Waals surface area contributed by atoms with E-state index in [9.17, 15) is 9.59 Å². The van der Waals surface area contributed by atoms with Crippen LogP contribution in [-0.4, -0.2) is 48.6 Å². The molecule has 74 valence electrons. The Morgan fingerprint density at radius 3 is 2.54 bits per heavy atom. The molecule has 0 aromatic carbocycles. The van der Waals surface area contributed by atoms with Crippen molar-refractivity contribution in [3.05, 3.63) is 0 Å². The summed E-state index contributed by atoms with van der Waals surface area (Å²) in [5, 5.41) is 11.5. The molecule has 2 N–H and O–H groups in total. The molecule has 1 heterocycles. The molecule has 1 aliphatic rings. The quantitative estimate of drug-likeness (QED) is 0.599. The summed E-state index contributed by atoms with van der Waals surface area (Å²) < 4.78 is 0. The average Bonchev–Trinajstić information content (AvgIpc) is 1.94. The molecule has 0 aliphatic carbocycles. The fourth-order valence-corrected chi connectivity index (χ4v) is 1.19. The summed E-state index contributed by atoms with van der Waals surface area (Å²) in [6.07, 6.45) is 0.455. The summed E-state index contributed by atoms with van der Waals surface area (Å²) in [4.78, 5) is 22.8. The second-order valence-electron chi connectivity index (χ2n) is 3.37. The van der Waals surface area contributed by atoms with Crippen LogP contribution < -0.4 is 5.32 Å². The standard InChI is InChI=1S/C8H14N2O3/c1-10(5-8(12)13)7(11)2-6-3-9-4-6/h6,9H,2-5H2,1H3,(H,12,13). The number of amides is 1. The lowest BCUT2D eigenvalue weighted by Crippen LogP contribution is -2.45. The van der Waals surface area contributed by atoms with E-state index in [0.29, 0.717) is 12.3 Å². The van der Waals surface area contributed by atoms with Crippen LogP contribution in [0.1, 0.15) is 6.42 Å². The highest BCUT2D eigenvalue weighted by Gasteiger charge is 2.22. The number of likely N-dealkylation sites (N-methyl/N-ethyl adjacent to an activating group) is 1. The summed E-state index contributed by atoms with van der Waals surface area (Å²) in [6.45, 7) is 1.53. The van der Waals surface area contributed by atoms with Crippen LogP contribution in [0.3, 0.4) is 0 Å². The largest absolute Gasteiger partial charge is 0.480 e. The molecular formula is C8H14N2O3. The van der Waals surface area contributed by atoms with E-state index in [2.05, 4.69) is 5.32 Å². The van der Waals surface area contributed by atoms with Gasteiger partial charge < -0.3 is 15.3 Å². The molecule has 0 spiro atoms. The van der Waals surface area contributed by atoms with Gasteiger partial charge in [0.1, 0.15) is 6.54 Å². The van der Waals surface area contributed by atoms with Crippen LogP contribution in [0.4, 0.5) is 0 Å². The first-order valence-electron chi connectivity index (χ1n) is 4.26. The van der Waals surface area contributed by atoms with E-state index >= 15 is 0 Å². The number of carbonyl (C=O) groups is 2. The highest BCUT2D eigenvalue weighted by atomic mass is 16.4. The minimum atomic E-state index is -0.970. The van der Waals surface area contributed by atoms with Crippen LogP contribution in [-0.2, 0) is 9.59 Å². The molecule has 1 rings (SSSR count). The van der Waals surface area contributed by atoms with Crippen LogP contribution in [0.25, 0.3) is 0 Å². The maximum atomic E-state index is 11.3. The summed E-state index contributed by atoms with van der Waals surface area (Å²) in [5.41, 5.74) is 0. The van der Waals surface area contributed by atoms with Crippen LogP contribution in [0.5, 0.6) is 0 Å². The number of hydrogen-bond acceptors (Lipinski definition) is 3. The van der Waals surface area contributed by atoms with Crippen molar-refractivity contribution in [3.8, 4) is 0 Å². The molecule has 0 aromatic heterocycles. The van der Waals surface area contributed by atoms with Crippen molar-refractivity contribution in [2.45, 2.75) is 6.42 Å². The van der Waals surface area contributed by atoms with Crippen LogP contribution in [0, 0.1) is 5.92 Å². The molecule has 5 heteroatoms. The Hall–Kier alpha value is -1.10. The Morgan fingerprint density at radius 2 is 2.15 bits per heavy atom. The van der Waals surface area contributed by atoms with Gasteiger partial charge in [-0.3, -0.25) is 9.59 Å². The van der Waals surface area contributed by atoms with Crippen molar-refractivity contribution in [3.63, 3.8) is 0 Å². The van der Waals surface area contributed by atoms with E-state index in [1.54, 1.807) is 0 Å². The predicted molar refractivity (Wildman–Crippen MR) is 46.2 cm³/mol. The van der Waals surface area contributed by atoms with E-state index in [1.165, 1.54) is 11.9 Å². The number of nitrogens with zero attached hydrogens (tertiary/aromatic N) is 1. The molecule has 0 saturated carbocycles. The molecule has 0 aromatic rings. The van der Waals surface area contributed by atoms with Gasteiger partial charge in [-0.1, -0.05) is 0 Å². The van der Waals surface area contributed by atoms with Gasteiger partial charge in [0, 0.05) is 13.5 Å². The maximum Gasteiger partial charge on any atom is 0.323 e. The molecule has 13 heavy (non-hydrogen) atoms. The zero-order valence-corrected chi connectivity index (χ0v) is 7.62. The van der Waals surface area contributed by atoms with E-state index in [-0.39, 0.29) is 12.5 Å². The minimum Gasteiger partial charge on any atom is -0.480 e. The lowest BCUT2D eigenvalue weighted by molar-refractivity contribution is -0.143. The second kappa shape index (κ2) is 4.23. The number of carboxylic acid groups (broad SMARTS) is 1. The molecule has 5 nitrogen and oxygen atoms in total. The third kappa shape index (κ3) is 3.02. The Labute approximate surface area is 76.7 Å². The summed E-state index contributed by atoms with van der Waals surface area (Å²) >= 11 is 0. The lowest BCUT2D eigenvalue weighted by Gasteiger charge is -2.27. The summed E-state index contributed by atoms with van der Waals surface area (Å²) in [7, 11) is 1.52. The van der Waals surface area contributed by atoms with Crippen LogP contribution in [0.15, 0.2) is 0 Å². The number of nitrogens with one attached hydrogen (secondary N) is 1. The zero-order valence-electron chi connectivity index (χ0n) is 7.62. The molecule has 0 radical (unpaired) electrons. The Balaban J connectivity index is 2.24. The van der Waals surface area contributed by atoms with Gasteiger partial charge in [-0.15, -0.1) is 0 Å². The highest BCUT2D eigenvalue weighted by Crippen LogP contribution is 2.09. The molecule has 0 bridgehead atoms. The predicted octanol–water partition coefficient (Wildman–Crippen LogP) is -0.861. The number of aliphatic carboxylic acids is 1. The maximum absolute atomic E-state index is 11.3. The molecule has 1 saturated heterocycles. The van der Waals surface area contributed by atoms with Crippen LogP contribution in [0.2, 0.25) is 0 Å². The van der Waals surface area contributed by atoms with Gasteiger partial charge in [-0.25, -0.2) is 0 Å². The van der Waals surface area contributed by atoms with Crippen molar-refractivity contribution in [1.29, 1.82) is 0 Å². The van der Waals surface area contributed by atoms with Crippen molar-refractivity contribution in [1.82, 2.24) is 10.2 Å². The number of carboxylic acids is 1. The Kier molecular flexibility index (Phi) is 3.25.